The number of allylic oxidation sites excluding steroid dienone is 2. The van der Waals surface area contributed by atoms with E-state index in [1.54, 1.807) is 36.4 Å². The minimum Gasteiger partial charge on any atom is -0.333 e. The van der Waals surface area contributed by atoms with Crippen molar-refractivity contribution in [3.05, 3.63) is 91.4 Å². The molecule has 1 amide bonds. The lowest BCUT2D eigenvalue weighted by atomic mass is 10.1. The summed E-state index contributed by atoms with van der Waals surface area (Å²) in [4.78, 5) is 31.6. The van der Waals surface area contributed by atoms with E-state index < -0.39 is 4.92 Å². The third-order valence-corrected chi connectivity index (χ3v) is 5.79. The van der Waals surface area contributed by atoms with E-state index in [0.717, 1.165) is 5.57 Å². The normalized spacial score (nSPS) is 10.9. The highest BCUT2D eigenvalue weighted by Crippen LogP contribution is 2.29. The topological polar surface area (TPSA) is 101 Å². The third-order valence-electron chi connectivity index (χ3n) is 4.38. The molecule has 0 saturated carbocycles. The van der Waals surface area contributed by atoms with Gasteiger partial charge in [-0.05, 0) is 43.9 Å². The molecule has 164 valence electrons. The first-order valence-electron chi connectivity index (χ1n) is 9.67. The minimum absolute atomic E-state index is 0.0625. The molecule has 7 nitrogen and oxygen atoms in total. The van der Waals surface area contributed by atoms with Gasteiger partial charge >= 0.3 is 0 Å². The van der Waals surface area contributed by atoms with Crippen LogP contribution in [0.3, 0.4) is 0 Å². The Labute approximate surface area is 194 Å². The predicted octanol–water partition coefficient (Wildman–Crippen LogP) is 6.55. The average Bonchev–Trinajstić information content (AvgIpc) is 3.22. The molecular formula is C23H21ClN4O3S. The monoisotopic (exact) mass is 468 g/mol. The van der Waals surface area contributed by atoms with Crippen LogP contribution in [0.25, 0.3) is 22.6 Å². The second-order valence-electron chi connectivity index (χ2n) is 6.99. The minimum atomic E-state index is -0.472. The van der Waals surface area contributed by atoms with Crippen LogP contribution in [0.5, 0.6) is 0 Å². The van der Waals surface area contributed by atoms with Gasteiger partial charge in [-0.3, -0.25) is 14.9 Å². The highest BCUT2D eigenvalue weighted by atomic mass is 35.5. The van der Waals surface area contributed by atoms with Crippen molar-refractivity contribution < 1.29 is 9.72 Å². The van der Waals surface area contributed by atoms with Gasteiger partial charge in [0.15, 0.2) is 0 Å². The molecular weight excluding hydrogens is 448 g/mol. The first-order valence-corrected chi connectivity index (χ1v) is 10.9. The maximum absolute atomic E-state index is 13.2. The molecule has 0 unspecified atom stereocenters. The maximum atomic E-state index is 13.2. The van der Waals surface area contributed by atoms with Crippen molar-refractivity contribution in [3.8, 4) is 22.6 Å². The number of non-ortho nitro benzene ring substituents is 1. The number of hydrogen-bond donors (Lipinski definition) is 2. The Bertz CT molecular complexity index is 1210. The predicted molar refractivity (Wildman–Crippen MR) is 129 cm³/mol. The van der Waals surface area contributed by atoms with Crippen LogP contribution in [0.1, 0.15) is 31.3 Å². The summed E-state index contributed by atoms with van der Waals surface area (Å²) in [6, 6.07) is 13.0. The van der Waals surface area contributed by atoms with Gasteiger partial charge in [-0.1, -0.05) is 53.7 Å². The zero-order chi connectivity index (χ0) is 23.3. The summed E-state index contributed by atoms with van der Waals surface area (Å²) in [5.41, 5.74) is 2.74. The zero-order valence-corrected chi connectivity index (χ0v) is 19.3. The number of halogens is 1. The molecule has 0 spiro atoms. The van der Waals surface area contributed by atoms with Gasteiger partial charge in [0.2, 0.25) is 0 Å². The number of amides is 1. The summed E-state index contributed by atoms with van der Waals surface area (Å²) in [5, 5.41) is 17.3. The summed E-state index contributed by atoms with van der Waals surface area (Å²) in [5.74, 6) is -0.0176. The lowest BCUT2D eigenvalue weighted by molar-refractivity contribution is -0.384. The molecule has 0 fully saturated rings. The van der Waals surface area contributed by atoms with Crippen LogP contribution in [-0.2, 0) is 0 Å². The smallest absolute Gasteiger partial charge is 0.274 e. The van der Waals surface area contributed by atoms with E-state index in [0.29, 0.717) is 32.7 Å². The van der Waals surface area contributed by atoms with E-state index >= 15 is 0 Å². The Morgan fingerprint density at radius 3 is 2.53 bits per heavy atom. The van der Waals surface area contributed by atoms with Gasteiger partial charge in [0, 0.05) is 28.3 Å². The first-order chi connectivity index (χ1) is 15.3. The second kappa shape index (κ2) is 10.3. The third kappa shape index (κ3) is 5.46. The van der Waals surface area contributed by atoms with E-state index in [9.17, 15) is 14.9 Å². The van der Waals surface area contributed by atoms with Crippen LogP contribution >= 0.6 is 23.4 Å². The molecule has 0 aliphatic rings. The van der Waals surface area contributed by atoms with Gasteiger partial charge in [0.05, 0.1) is 9.95 Å². The summed E-state index contributed by atoms with van der Waals surface area (Å²) >= 11 is 7.42. The lowest BCUT2D eigenvalue weighted by Gasteiger charge is -2.10. The fourth-order valence-corrected chi connectivity index (χ4v) is 3.62. The fraction of sp³-hybridized carbons (Fsp3) is 0.130. The van der Waals surface area contributed by atoms with Crippen molar-refractivity contribution in [2.45, 2.75) is 20.8 Å². The van der Waals surface area contributed by atoms with E-state index in [4.69, 9.17) is 11.6 Å². The Morgan fingerprint density at radius 2 is 1.91 bits per heavy atom. The van der Waals surface area contributed by atoms with Crippen LogP contribution < -0.4 is 5.32 Å². The summed E-state index contributed by atoms with van der Waals surface area (Å²) in [6.45, 7) is 5.72. The first kappa shape index (κ1) is 23.3. The summed E-state index contributed by atoms with van der Waals surface area (Å²) in [6.07, 6.45) is 1.88. The van der Waals surface area contributed by atoms with Crippen molar-refractivity contribution in [3.63, 3.8) is 0 Å². The maximum Gasteiger partial charge on any atom is 0.274 e. The van der Waals surface area contributed by atoms with Crippen LogP contribution in [0.15, 0.2) is 70.6 Å². The number of nitrogens with zero attached hydrogens (tertiary/aromatic N) is 2. The number of nitro groups is 1. The molecule has 0 saturated heterocycles. The largest absolute Gasteiger partial charge is 0.333 e. The second-order valence-corrected chi connectivity index (χ2v) is 8.35. The van der Waals surface area contributed by atoms with Crippen LogP contribution in [0, 0.1) is 10.1 Å². The molecule has 2 aromatic carbocycles. The van der Waals surface area contributed by atoms with Crippen molar-refractivity contribution in [1.82, 2.24) is 15.3 Å². The molecule has 0 atom stereocenters. The number of aromatic nitrogens is 2. The van der Waals surface area contributed by atoms with E-state index in [-0.39, 0.29) is 17.3 Å². The van der Waals surface area contributed by atoms with Crippen LogP contribution in [0.2, 0.25) is 5.02 Å². The molecule has 1 aromatic heterocycles. The van der Waals surface area contributed by atoms with Gasteiger partial charge in [0.25, 0.3) is 11.6 Å². The zero-order valence-electron chi connectivity index (χ0n) is 17.7. The van der Waals surface area contributed by atoms with Gasteiger partial charge < -0.3 is 10.3 Å². The Hall–Kier alpha value is -3.36. The van der Waals surface area contributed by atoms with Crippen molar-refractivity contribution in [2.75, 3.05) is 0 Å². The average molecular weight is 469 g/mol. The van der Waals surface area contributed by atoms with E-state index in [1.165, 1.54) is 23.9 Å². The number of imidazole rings is 1. The molecule has 3 aromatic rings. The van der Waals surface area contributed by atoms with Crippen LogP contribution in [0.4, 0.5) is 5.69 Å². The van der Waals surface area contributed by atoms with Gasteiger partial charge in [-0.15, -0.1) is 0 Å². The number of H-pyrrole nitrogens is 1. The van der Waals surface area contributed by atoms with Crippen molar-refractivity contribution in [1.29, 1.82) is 0 Å². The SMILES string of the molecule is C/C=C\SC(NC(=O)c1[nH]c(-c2cccc([N+](=O)[O-])c2)nc1-c1ccc(Cl)cc1)=C(C)C. The molecule has 0 aliphatic heterocycles. The number of nitrogens with one attached hydrogen (secondary N) is 2. The molecule has 9 heteroatoms. The molecule has 32 heavy (non-hydrogen) atoms. The molecule has 0 aliphatic carbocycles. The Morgan fingerprint density at radius 1 is 1.19 bits per heavy atom. The number of aromatic amines is 1. The number of carbonyl (C=O) groups is 1. The number of rotatable bonds is 7. The number of carbonyl (C=O) groups excluding carboxylic acids is 1. The summed E-state index contributed by atoms with van der Waals surface area (Å²) in [7, 11) is 0. The van der Waals surface area contributed by atoms with Gasteiger partial charge in [-0.25, -0.2) is 4.98 Å². The Kier molecular flexibility index (Phi) is 7.50. The summed E-state index contributed by atoms with van der Waals surface area (Å²) < 4.78 is 0. The highest BCUT2D eigenvalue weighted by Gasteiger charge is 2.21. The van der Waals surface area contributed by atoms with Crippen molar-refractivity contribution in [2.24, 2.45) is 0 Å². The van der Waals surface area contributed by atoms with Gasteiger partial charge in [0.1, 0.15) is 17.2 Å². The molecule has 0 bridgehead atoms. The number of nitro benzene ring substituents is 1. The highest BCUT2D eigenvalue weighted by molar-refractivity contribution is 8.05. The van der Waals surface area contributed by atoms with E-state index in [2.05, 4.69) is 15.3 Å². The molecule has 2 N–H and O–H groups in total. The van der Waals surface area contributed by atoms with Crippen LogP contribution in [-0.4, -0.2) is 20.8 Å². The van der Waals surface area contributed by atoms with Crippen molar-refractivity contribution >= 4 is 35.0 Å². The molecule has 3 rings (SSSR count). The quantitative estimate of drug-likeness (QED) is 0.302. The number of thioether (sulfide) groups is 1. The fourth-order valence-electron chi connectivity index (χ4n) is 2.83. The molecule has 1 heterocycles. The molecule has 0 radical (unpaired) electrons. The standard InChI is InChI=1S/C23H21ClN4O3S/c1-4-12-32-23(14(2)3)27-22(29)20-19(15-8-10-17(24)11-9-15)25-21(26-20)16-6-5-7-18(13-16)28(30)31/h4-13H,1-3H3,(H,25,26)(H,27,29)/b12-4-. The van der Waals surface area contributed by atoms with Gasteiger partial charge in [-0.2, -0.15) is 0 Å². The Balaban J connectivity index is 2.08. The number of hydrogen-bond acceptors (Lipinski definition) is 5. The number of benzene rings is 2. The lowest BCUT2D eigenvalue weighted by Crippen LogP contribution is -2.23. The van der Waals surface area contributed by atoms with E-state index in [1.807, 2.05) is 32.3 Å².